The summed E-state index contributed by atoms with van der Waals surface area (Å²) in [6.45, 7) is 3.70. The van der Waals surface area contributed by atoms with Crippen molar-refractivity contribution in [2.75, 3.05) is 5.32 Å². The van der Waals surface area contributed by atoms with Crippen LogP contribution >= 0.6 is 0 Å². The summed E-state index contributed by atoms with van der Waals surface area (Å²) in [6.07, 6.45) is 1.42. The van der Waals surface area contributed by atoms with Gasteiger partial charge < -0.3 is 11.1 Å². The highest BCUT2D eigenvalue weighted by Crippen LogP contribution is 2.13. The molecule has 1 unspecified atom stereocenters. The van der Waals surface area contributed by atoms with Gasteiger partial charge in [-0.25, -0.2) is 0 Å². The molecule has 0 aliphatic rings. The van der Waals surface area contributed by atoms with Crippen molar-refractivity contribution in [2.45, 2.75) is 19.9 Å². The number of carbonyl (C=O) groups is 1. The summed E-state index contributed by atoms with van der Waals surface area (Å²) in [6, 6.07) is 2.92. The third-order valence-corrected chi connectivity index (χ3v) is 2.11. The van der Waals surface area contributed by atoms with Gasteiger partial charge >= 0.3 is 0 Å². The monoisotopic (exact) mass is 219 g/mol. The van der Waals surface area contributed by atoms with Gasteiger partial charge in [0.05, 0.1) is 11.8 Å². The molecule has 0 spiro atoms. The highest BCUT2D eigenvalue weighted by Gasteiger charge is 2.20. The number of carbonyl (C=O) groups excluding carboxylic acids is 1. The Morgan fingerprint density at radius 1 is 1.62 bits per heavy atom. The van der Waals surface area contributed by atoms with E-state index in [1.165, 1.54) is 12.3 Å². The number of rotatable bonds is 4. The Morgan fingerprint density at radius 3 is 2.81 bits per heavy atom. The van der Waals surface area contributed by atoms with Crippen LogP contribution in [0.1, 0.15) is 19.4 Å². The molecule has 6 heteroatoms. The average Bonchev–Trinajstić information content (AvgIpc) is 2.25. The minimum absolute atomic E-state index is 0.00560. The number of nitrogens with one attached hydrogen (secondary N) is 1. The lowest BCUT2D eigenvalue weighted by molar-refractivity contribution is -0.119. The first-order chi connectivity index (χ1) is 7.56. The van der Waals surface area contributed by atoms with Crippen LogP contribution in [0.15, 0.2) is 12.3 Å². The lowest BCUT2D eigenvalue weighted by atomic mass is 10.0. The van der Waals surface area contributed by atoms with Gasteiger partial charge in [-0.2, -0.15) is 10.4 Å². The first kappa shape index (κ1) is 11.9. The minimum atomic E-state index is -0.566. The molecule has 6 nitrogen and oxygen atoms in total. The lowest BCUT2D eigenvalue weighted by Crippen LogP contribution is -2.40. The molecule has 0 aliphatic carbocycles. The summed E-state index contributed by atoms with van der Waals surface area (Å²) >= 11 is 0. The molecule has 1 amide bonds. The molecule has 0 saturated carbocycles. The average molecular weight is 219 g/mol. The largest absolute Gasteiger partial charge is 0.368 e. The summed E-state index contributed by atoms with van der Waals surface area (Å²) < 4.78 is 0. The van der Waals surface area contributed by atoms with Crippen molar-refractivity contribution in [3.63, 3.8) is 0 Å². The Bertz CT molecular complexity index is 423. The molecule has 0 saturated heterocycles. The molecule has 3 N–H and O–H groups in total. The summed E-state index contributed by atoms with van der Waals surface area (Å²) in [4.78, 5) is 11.2. The first-order valence-corrected chi connectivity index (χ1v) is 4.84. The van der Waals surface area contributed by atoms with Crippen LogP contribution in [0.3, 0.4) is 0 Å². The molecule has 1 atom stereocenters. The van der Waals surface area contributed by atoms with Crippen LogP contribution in [0.4, 0.5) is 5.82 Å². The standard InChI is InChI=1S/C10H13N5O/c1-6(2)8(9(12)16)14-10-7(5-11)3-4-13-15-10/h3-4,6,8H,1-2H3,(H2,12,16)(H,14,15). The molecule has 1 aromatic rings. The number of nitrogens with zero attached hydrogens (tertiary/aromatic N) is 3. The fourth-order valence-electron chi connectivity index (χ4n) is 1.24. The Morgan fingerprint density at radius 2 is 2.31 bits per heavy atom. The zero-order chi connectivity index (χ0) is 12.1. The second-order valence-electron chi connectivity index (χ2n) is 3.67. The van der Waals surface area contributed by atoms with Gasteiger partial charge in [-0.3, -0.25) is 4.79 Å². The molecule has 1 aromatic heterocycles. The molecule has 0 aliphatic heterocycles. The van der Waals surface area contributed by atoms with Gasteiger partial charge in [0.15, 0.2) is 5.82 Å². The summed E-state index contributed by atoms with van der Waals surface area (Å²) in [7, 11) is 0. The van der Waals surface area contributed by atoms with Gasteiger partial charge in [0.25, 0.3) is 0 Å². The van der Waals surface area contributed by atoms with Gasteiger partial charge in [0.1, 0.15) is 12.1 Å². The fourth-order valence-corrected chi connectivity index (χ4v) is 1.24. The zero-order valence-corrected chi connectivity index (χ0v) is 9.14. The van der Waals surface area contributed by atoms with E-state index in [4.69, 9.17) is 11.0 Å². The Kier molecular flexibility index (Phi) is 3.78. The molecule has 0 fully saturated rings. The number of primary amides is 1. The second kappa shape index (κ2) is 5.07. The first-order valence-electron chi connectivity index (χ1n) is 4.84. The van der Waals surface area contributed by atoms with Gasteiger partial charge in [0, 0.05) is 0 Å². The topological polar surface area (TPSA) is 105 Å². The molecule has 84 valence electrons. The van der Waals surface area contributed by atoms with E-state index in [-0.39, 0.29) is 11.7 Å². The Hall–Kier alpha value is -2.16. The van der Waals surface area contributed by atoms with Crippen molar-refractivity contribution < 1.29 is 4.79 Å². The smallest absolute Gasteiger partial charge is 0.240 e. The summed E-state index contributed by atoms with van der Waals surface area (Å²) in [5, 5.41) is 19.1. The van der Waals surface area contributed by atoms with Gasteiger partial charge in [0.2, 0.25) is 5.91 Å². The number of amides is 1. The summed E-state index contributed by atoms with van der Waals surface area (Å²) in [5.74, 6) is -0.196. The molecule has 0 radical (unpaired) electrons. The van der Waals surface area contributed by atoms with Gasteiger partial charge in [-0.1, -0.05) is 13.8 Å². The maximum absolute atomic E-state index is 11.2. The van der Waals surface area contributed by atoms with Crippen molar-refractivity contribution in [2.24, 2.45) is 11.7 Å². The number of nitriles is 1. The summed E-state index contributed by atoms with van der Waals surface area (Å²) in [5.41, 5.74) is 5.58. The quantitative estimate of drug-likeness (QED) is 0.756. The predicted octanol–water partition coefficient (Wildman–Crippen LogP) is 0.270. The van der Waals surface area contributed by atoms with Crippen LogP contribution < -0.4 is 11.1 Å². The SMILES string of the molecule is CC(C)C(Nc1nnccc1C#N)C(N)=O. The highest BCUT2D eigenvalue weighted by atomic mass is 16.1. The van der Waals surface area contributed by atoms with Crippen molar-refractivity contribution in [3.8, 4) is 6.07 Å². The molecule has 1 rings (SSSR count). The van der Waals surface area contributed by atoms with E-state index in [0.29, 0.717) is 5.56 Å². The van der Waals surface area contributed by atoms with Crippen LogP contribution in [0.5, 0.6) is 0 Å². The van der Waals surface area contributed by atoms with Crippen LogP contribution in [-0.2, 0) is 4.79 Å². The van der Waals surface area contributed by atoms with E-state index in [1.807, 2.05) is 19.9 Å². The number of nitrogens with two attached hydrogens (primary N) is 1. The van der Waals surface area contributed by atoms with E-state index < -0.39 is 11.9 Å². The fraction of sp³-hybridized carbons (Fsp3) is 0.400. The van der Waals surface area contributed by atoms with Crippen molar-refractivity contribution in [3.05, 3.63) is 17.8 Å². The zero-order valence-electron chi connectivity index (χ0n) is 9.14. The number of hydrogen-bond donors (Lipinski definition) is 2. The van der Waals surface area contributed by atoms with E-state index >= 15 is 0 Å². The maximum Gasteiger partial charge on any atom is 0.240 e. The Balaban J connectivity index is 2.94. The predicted molar refractivity (Wildman–Crippen MR) is 58.2 cm³/mol. The highest BCUT2D eigenvalue weighted by molar-refractivity contribution is 5.83. The molecule has 1 heterocycles. The van der Waals surface area contributed by atoms with Crippen molar-refractivity contribution in [1.82, 2.24) is 10.2 Å². The third-order valence-electron chi connectivity index (χ3n) is 2.11. The molecule has 0 aromatic carbocycles. The lowest BCUT2D eigenvalue weighted by Gasteiger charge is -2.19. The van der Waals surface area contributed by atoms with Crippen LogP contribution in [0.2, 0.25) is 0 Å². The van der Waals surface area contributed by atoms with Crippen LogP contribution in [0, 0.1) is 17.2 Å². The molecule has 0 bridgehead atoms. The van der Waals surface area contributed by atoms with Crippen LogP contribution in [-0.4, -0.2) is 22.1 Å². The van der Waals surface area contributed by atoms with Crippen molar-refractivity contribution in [1.29, 1.82) is 5.26 Å². The maximum atomic E-state index is 11.2. The van der Waals surface area contributed by atoms with E-state index in [2.05, 4.69) is 15.5 Å². The van der Waals surface area contributed by atoms with Gasteiger partial charge in [-0.05, 0) is 12.0 Å². The molecular formula is C10H13N5O. The number of hydrogen-bond acceptors (Lipinski definition) is 5. The minimum Gasteiger partial charge on any atom is -0.368 e. The van der Waals surface area contributed by atoms with Gasteiger partial charge in [-0.15, -0.1) is 5.10 Å². The Labute approximate surface area is 93.5 Å². The van der Waals surface area contributed by atoms with E-state index in [0.717, 1.165) is 0 Å². The third kappa shape index (κ3) is 2.67. The number of anilines is 1. The van der Waals surface area contributed by atoms with Crippen LogP contribution in [0.25, 0.3) is 0 Å². The van der Waals surface area contributed by atoms with E-state index in [9.17, 15) is 4.79 Å². The normalized spacial score (nSPS) is 11.9. The second-order valence-corrected chi connectivity index (χ2v) is 3.67. The molecule has 16 heavy (non-hydrogen) atoms. The molecular weight excluding hydrogens is 206 g/mol. The number of aromatic nitrogens is 2. The van der Waals surface area contributed by atoms with E-state index in [1.54, 1.807) is 0 Å². The van der Waals surface area contributed by atoms with Crippen molar-refractivity contribution >= 4 is 11.7 Å².